The van der Waals surface area contributed by atoms with Gasteiger partial charge in [-0.3, -0.25) is 0 Å². The van der Waals surface area contributed by atoms with Gasteiger partial charge in [-0.15, -0.1) is 0 Å². The highest BCUT2D eigenvalue weighted by atomic mass is 19.4. The maximum Gasteiger partial charge on any atom is 0.408 e. The summed E-state index contributed by atoms with van der Waals surface area (Å²) >= 11 is 0. The molecule has 25 heavy (non-hydrogen) atoms. The molecule has 0 heterocycles. The number of nitrogens with one attached hydrogen (secondary N) is 1. The Balaban J connectivity index is 2.67. The minimum Gasteiger partial charge on any atom is -0.464 e. The van der Waals surface area contributed by atoms with Crippen molar-refractivity contribution in [2.75, 3.05) is 6.61 Å². The first-order valence-corrected chi connectivity index (χ1v) is 7.96. The number of amides is 1. The molecule has 0 spiro atoms. The van der Waals surface area contributed by atoms with Gasteiger partial charge < -0.3 is 14.8 Å². The fourth-order valence-corrected chi connectivity index (χ4v) is 1.88. The van der Waals surface area contributed by atoms with E-state index < -0.39 is 30.2 Å². The van der Waals surface area contributed by atoms with Crippen molar-refractivity contribution in [1.29, 1.82) is 0 Å². The number of alkyl halides is 3. The zero-order valence-electron chi connectivity index (χ0n) is 14.1. The summed E-state index contributed by atoms with van der Waals surface area (Å²) < 4.78 is 48.5. The van der Waals surface area contributed by atoms with Crippen molar-refractivity contribution in [2.45, 2.75) is 45.5 Å². The first-order chi connectivity index (χ1) is 11.8. The summed E-state index contributed by atoms with van der Waals surface area (Å²) in [6.07, 6.45) is -4.53. The second kappa shape index (κ2) is 9.90. The molecule has 1 N–H and O–H groups in total. The Hall–Kier alpha value is -2.25. The van der Waals surface area contributed by atoms with Gasteiger partial charge in [0.15, 0.2) is 0 Å². The summed E-state index contributed by atoms with van der Waals surface area (Å²) in [4.78, 5) is 23.7. The van der Waals surface area contributed by atoms with Crippen LogP contribution < -0.4 is 5.32 Å². The molecule has 1 aromatic rings. The molecule has 2 atom stereocenters. The molecule has 5 nitrogen and oxygen atoms in total. The maximum absolute atomic E-state index is 12.9. The van der Waals surface area contributed by atoms with E-state index in [1.165, 1.54) is 0 Å². The van der Waals surface area contributed by atoms with Crippen LogP contribution in [0.4, 0.5) is 18.0 Å². The molecule has 8 heteroatoms. The molecule has 0 saturated carbocycles. The van der Waals surface area contributed by atoms with Crippen LogP contribution in [0.25, 0.3) is 0 Å². The van der Waals surface area contributed by atoms with Crippen molar-refractivity contribution in [2.24, 2.45) is 5.92 Å². The topological polar surface area (TPSA) is 64.6 Å². The lowest BCUT2D eigenvalue weighted by Gasteiger charge is -2.25. The highest BCUT2D eigenvalue weighted by molar-refractivity contribution is 5.81. The van der Waals surface area contributed by atoms with Gasteiger partial charge >= 0.3 is 18.2 Å². The third-order valence-corrected chi connectivity index (χ3v) is 3.50. The molecule has 0 bridgehead atoms. The quantitative estimate of drug-likeness (QED) is 0.565. The van der Waals surface area contributed by atoms with E-state index in [-0.39, 0.29) is 13.2 Å². The second-order valence-electron chi connectivity index (χ2n) is 5.54. The minimum atomic E-state index is -4.67. The normalized spacial score (nSPS) is 13.6. The number of esters is 1. The maximum atomic E-state index is 12.9. The van der Waals surface area contributed by atoms with Crippen molar-refractivity contribution < 1.29 is 32.2 Å². The van der Waals surface area contributed by atoms with E-state index in [1.807, 2.05) is 12.2 Å². The Morgan fingerprint density at radius 3 is 2.36 bits per heavy atom. The van der Waals surface area contributed by atoms with Gasteiger partial charge in [0.1, 0.15) is 12.6 Å². The summed E-state index contributed by atoms with van der Waals surface area (Å²) in [5, 5.41) is 1.96. The van der Waals surface area contributed by atoms with Gasteiger partial charge in [-0.1, -0.05) is 50.6 Å². The molecule has 0 radical (unpaired) electrons. The van der Waals surface area contributed by atoms with Gasteiger partial charge in [-0.2, -0.15) is 13.2 Å². The highest BCUT2D eigenvalue weighted by Crippen LogP contribution is 2.29. The average Bonchev–Trinajstić information content (AvgIpc) is 2.57. The average molecular weight is 361 g/mol. The predicted octanol–water partition coefficient (Wildman–Crippen LogP) is 3.82. The van der Waals surface area contributed by atoms with Crippen molar-refractivity contribution in [3.8, 4) is 0 Å². The molecular weight excluding hydrogens is 339 g/mol. The van der Waals surface area contributed by atoms with Gasteiger partial charge in [0.05, 0.1) is 12.5 Å². The largest absolute Gasteiger partial charge is 0.464 e. The number of halogens is 3. The number of carbonyl (C=O) groups is 2. The van der Waals surface area contributed by atoms with E-state index in [0.29, 0.717) is 12.0 Å². The number of alkyl carbamates (subject to hydrolysis) is 1. The molecule has 0 fully saturated rings. The third kappa shape index (κ3) is 7.45. The zero-order chi connectivity index (χ0) is 18.9. The summed E-state index contributed by atoms with van der Waals surface area (Å²) in [6.45, 7) is 2.54. The lowest BCUT2D eigenvalue weighted by molar-refractivity contribution is -0.186. The minimum absolute atomic E-state index is 0.00282. The lowest BCUT2D eigenvalue weighted by Crippen LogP contribution is -2.50. The Bertz CT molecular complexity index is 549. The van der Waals surface area contributed by atoms with E-state index in [0.717, 1.165) is 13.3 Å². The number of ether oxygens (including phenoxy) is 2. The SMILES string of the molecule is CCCCOC(=O)C(NC(=O)OCc1ccccc1)C(C)C(F)(F)F. The predicted molar refractivity (Wildman–Crippen MR) is 84.6 cm³/mol. The van der Waals surface area contributed by atoms with Crippen LogP contribution in [0.15, 0.2) is 30.3 Å². The number of hydrogen-bond donors (Lipinski definition) is 1. The lowest BCUT2D eigenvalue weighted by atomic mass is 10.0. The van der Waals surface area contributed by atoms with Crippen LogP contribution in [0.2, 0.25) is 0 Å². The van der Waals surface area contributed by atoms with Crippen LogP contribution in [-0.2, 0) is 20.9 Å². The van der Waals surface area contributed by atoms with E-state index in [9.17, 15) is 22.8 Å². The fourth-order valence-electron chi connectivity index (χ4n) is 1.88. The first-order valence-electron chi connectivity index (χ1n) is 7.96. The van der Waals surface area contributed by atoms with Crippen LogP contribution in [-0.4, -0.2) is 30.9 Å². The molecule has 0 aliphatic carbocycles. The van der Waals surface area contributed by atoms with E-state index >= 15 is 0 Å². The van der Waals surface area contributed by atoms with Crippen LogP contribution >= 0.6 is 0 Å². The number of rotatable bonds is 8. The number of carbonyl (C=O) groups excluding carboxylic acids is 2. The van der Waals surface area contributed by atoms with Crippen molar-refractivity contribution in [3.63, 3.8) is 0 Å². The van der Waals surface area contributed by atoms with Crippen LogP contribution in [0.1, 0.15) is 32.3 Å². The van der Waals surface area contributed by atoms with Gasteiger partial charge in [0, 0.05) is 0 Å². The molecular formula is C17H22F3NO4. The molecule has 1 aromatic carbocycles. The van der Waals surface area contributed by atoms with Crippen LogP contribution in [0, 0.1) is 5.92 Å². The van der Waals surface area contributed by atoms with Gasteiger partial charge in [0.25, 0.3) is 0 Å². The smallest absolute Gasteiger partial charge is 0.408 e. The summed E-state index contributed by atoms with van der Waals surface area (Å²) in [5.74, 6) is -3.24. The molecule has 1 amide bonds. The van der Waals surface area contributed by atoms with E-state index in [2.05, 4.69) is 0 Å². The van der Waals surface area contributed by atoms with Gasteiger partial charge in [0.2, 0.25) is 0 Å². The highest BCUT2D eigenvalue weighted by Gasteiger charge is 2.46. The third-order valence-electron chi connectivity index (χ3n) is 3.50. The summed E-state index contributed by atoms with van der Waals surface area (Å²) in [7, 11) is 0. The second-order valence-corrected chi connectivity index (χ2v) is 5.54. The Kier molecular flexibility index (Phi) is 8.24. The van der Waals surface area contributed by atoms with E-state index in [4.69, 9.17) is 9.47 Å². The number of hydrogen-bond acceptors (Lipinski definition) is 4. The summed E-state index contributed by atoms with van der Waals surface area (Å²) in [6, 6.07) is 6.77. The van der Waals surface area contributed by atoms with Crippen molar-refractivity contribution >= 4 is 12.1 Å². The zero-order valence-corrected chi connectivity index (χ0v) is 14.1. The van der Waals surface area contributed by atoms with Crippen LogP contribution in [0.5, 0.6) is 0 Å². The molecule has 0 aromatic heterocycles. The standard InChI is InChI=1S/C17H22F3NO4/c1-3-4-10-24-15(22)14(12(2)17(18,19)20)21-16(23)25-11-13-8-6-5-7-9-13/h5-9,12,14H,3-4,10-11H2,1-2H3,(H,21,23). The molecule has 0 aliphatic rings. The Morgan fingerprint density at radius 1 is 1.16 bits per heavy atom. The molecule has 0 aliphatic heterocycles. The monoisotopic (exact) mass is 361 g/mol. The first kappa shape index (κ1) is 20.8. The number of unbranched alkanes of at least 4 members (excludes halogenated alkanes) is 1. The van der Waals surface area contributed by atoms with E-state index in [1.54, 1.807) is 30.3 Å². The van der Waals surface area contributed by atoms with Gasteiger partial charge in [-0.25, -0.2) is 9.59 Å². The van der Waals surface area contributed by atoms with Gasteiger partial charge in [-0.05, 0) is 12.0 Å². The molecule has 140 valence electrons. The molecule has 2 unspecified atom stereocenters. The van der Waals surface area contributed by atoms with Crippen molar-refractivity contribution in [3.05, 3.63) is 35.9 Å². The Morgan fingerprint density at radius 2 is 1.80 bits per heavy atom. The number of benzene rings is 1. The fraction of sp³-hybridized carbons (Fsp3) is 0.529. The van der Waals surface area contributed by atoms with Crippen LogP contribution in [0.3, 0.4) is 0 Å². The molecule has 0 saturated heterocycles. The molecule has 1 rings (SSSR count). The summed E-state index contributed by atoms with van der Waals surface area (Å²) in [5.41, 5.74) is 0.670. The Labute approximate surface area is 144 Å². The van der Waals surface area contributed by atoms with Crippen molar-refractivity contribution in [1.82, 2.24) is 5.32 Å².